The third kappa shape index (κ3) is 3.49. The van der Waals surface area contributed by atoms with Gasteiger partial charge in [-0.15, -0.1) is 0 Å². The number of ketones is 1. The van der Waals surface area contributed by atoms with Gasteiger partial charge in [0.25, 0.3) is 0 Å². The molecule has 0 amide bonds. The summed E-state index contributed by atoms with van der Waals surface area (Å²) in [5.41, 5.74) is -0.0780. The van der Waals surface area contributed by atoms with E-state index in [9.17, 15) is 19.1 Å². The number of hydrogen-bond acceptors (Lipinski definition) is 5. The summed E-state index contributed by atoms with van der Waals surface area (Å²) in [6, 6.07) is 13.6. The van der Waals surface area contributed by atoms with E-state index in [1.54, 1.807) is 18.2 Å². The van der Waals surface area contributed by atoms with Crippen molar-refractivity contribution in [1.29, 1.82) is 0 Å². The average molecular weight is 354 g/mol. The van der Waals surface area contributed by atoms with E-state index < -0.39 is 24.2 Å². The fourth-order valence-electron chi connectivity index (χ4n) is 2.58. The molecule has 0 aliphatic heterocycles. The lowest BCUT2D eigenvalue weighted by atomic mass is 10.1. The molecule has 0 saturated carbocycles. The van der Waals surface area contributed by atoms with Gasteiger partial charge in [-0.25, -0.2) is 9.18 Å². The Hall–Kier alpha value is -3.41. The number of benzene rings is 3. The molecule has 3 rings (SSSR count). The summed E-state index contributed by atoms with van der Waals surface area (Å²) in [6.45, 7) is -0.606. The van der Waals surface area contributed by atoms with E-state index in [-0.39, 0.29) is 22.6 Å². The number of esters is 1. The molecule has 0 fully saturated rings. The zero-order valence-electron chi connectivity index (χ0n) is 13.9. The molecule has 0 aromatic heterocycles. The average Bonchev–Trinajstić information content (AvgIpc) is 2.65. The Balaban J connectivity index is 1.78. The molecule has 0 atom stereocenters. The van der Waals surface area contributed by atoms with Crippen LogP contribution in [0.2, 0.25) is 0 Å². The highest BCUT2D eigenvalue weighted by atomic mass is 19.1. The third-order valence-electron chi connectivity index (χ3n) is 3.88. The summed E-state index contributed by atoms with van der Waals surface area (Å²) in [6.07, 6.45) is 0. The van der Waals surface area contributed by atoms with Crippen molar-refractivity contribution in [2.45, 2.75) is 0 Å². The number of rotatable bonds is 5. The smallest absolute Gasteiger partial charge is 0.342 e. The fraction of sp³-hybridized carbons (Fsp3) is 0.100. The molecule has 26 heavy (non-hydrogen) atoms. The number of hydrogen-bond donors (Lipinski definition) is 1. The lowest BCUT2D eigenvalue weighted by molar-refractivity contribution is 0.0471. The Kier molecular flexibility index (Phi) is 4.84. The zero-order valence-corrected chi connectivity index (χ0v) is 13.9. The minimum Gasteiger partial charge on any atom is -0.507 e. The van der Waals surface area contributed by atoms with Crippen LogP contribution in [-0.2, 0) is 4.74 Å². The van der Waals surface area contributed by atoms with E-state index in [1.807, 2.05) is 6.07 Å². The molecule has 1 N–H and O–H groups in total. The second-order valence-electron chi connectivity index (χ2n) is 5.56. The summed E-state index contributed by atoms with van der Waals surface area (Å²) in [4.78, 5) is 24.4. The number of halogens is 1. The standard InChI is InChI=1S/C20H15FO5/c1-25-19-7-6-14(21)10-15(19)18(23)11-26-20(24)16-8-12-4-2-3-5-13(12)9-17(16)22/h2-10,22H,11H2,1H3. The normalized spacial score (nSPS) is 10.5. The molecule has 6 heteroatoms. The first kappa shape index (κ1) is 17.4. The van der Waals surface area contributed by atoms with Crippen LogP contribution in [0.4, 0.5) is 4.39 Å². The number of methoxy groups -OCH3 is 1. The van der Waals surface area contributed by atoms with Crippen molar-refractivity contribution in [2.75, 3.05) is 13.7 Å². The van der Waals surface area contributed by atoms with Crippen LogP contribution in [0, 0.1) is 5.82 Å². The van der Waals surface area contributed by atoms with Gasteiger partial charge in [-0.1, -0.05) is 24.3 Å². The number of fused-ring (bicyclic) bond motifs is 1. The van der Waals surface area contributed by atoms with Gasteiger partial charge in [0.15, 0.2) is 6.61 Å². The third-order valence-corrected chi connectivity index (χ3v) is 3.88. The highest BCUT2D eigenvalue weighted by molar-refractivity contribution is 6.03. The first-order valence-corrected chi connectivity index (χ1v) is 7.75. The Bertz CT molecular complexity index is 997. The lowest BCUT2D eigenvalue weighted by Crippen LogP contribution is -2.15. The molecule has 3 aromatic carbocycles. The van der Waals surface area contributed by atoms with Crippen molar-refractivity contribution in [2.24, 2.45) is 0 Å². The van der Waals surface area contributed by atoms with Crippen molar-refractivity contribution < 1.29 is 28.6 Å². The predicted octanol–water partition coefficient (Wildman–Crippen LogP) is 3.73. The van der Waals surface area contributed by atoms with E-state index in [4.69, 9.17) is 9.47 Å². The number of Topliss-reactive ketones (excluding diaryl/α,β-unsaturated/α-hetero) is 1. The van der Waals surface area contributed by atoms with E-state index >= 15 is 0 Å². The van der Waals surface area contributed by atoms with Gasteiger partial charge in [0.1, 0.15) is 22.9 Å². The van der Waals surface area contributed by atoms with Crippen LogP contribution < -0.4 is 4.74 Å². The van der Waals surface area contributed by atoms with Crippen LogP contribution in [0.5, 0.6) is 11.5 Å². The fourth-order valence-corrected chi connectivity index (χ4v) is 2.58. The van der Waals surface area contributed by atoms with Gasteiger partial charge in [0.05, 0.1) is 12.7 Å². The molecular formula is C20H15FO5. The van der Waals surface area contributed by atoms with Crippen molar-refractivity contribution in [3.63, 3.8) is 0 Å². The van der Waals surface area contributed by atoms with Gasteiger partial charge in [-0.2, -0.15) is 0 Å². The maximum atomic E-state index is 13.4. The molecule has 0 spiro atoms. The lowest BCUT2D eigenvalue weighted by Gasteiger charge is -2.10. The van der Waals surface area contributed by atoms with Crippen LogP contribution in [0.1, 0.15) is 20.7 Å². The van der Waals surface area contributed by atoms with Crippen molar-refractivity contribution in [3.8, 4) is 11.5 Å². The van der Waals surface area contributed by atoms with Gasteiger partial charge in [-0.3, -0.25) is 4.79 Å². The molecule has 0 heterocycles. The second-order valence-corrected chi connectivity index (χ2v) is 5.56. The Morgan fingerprint density at radius 3 is 2.38 bits per heavy atom. The summed E-state index contributed by atoms with van der Waals surface area (Å²) >= 11 is 0. The molecule has 0 aliphatic rings. The largest absolute Gasteiger partial charge is 0.507 e. The molecule has 132 valence electrons. The summed E-state index contributed by atoms with van der Waals surface area (Å²) in [7, 11) is 1.35. The van der Waals surface area contributed by atoms with Gasteiger partial charge < -0.3 is 14.6 Å². The van der Waals surface area contributed by atoms with Gasteiger partial charge in [-0.05, 0) is 41.1 Å². The molecule has 0 unspecified atom stereocenters. The SMILES string of the molecule is COc1ccc(F)cc1C(=O)COC(=O)c1cc2ccccc2cc1O. The molecule has 0 aliphatic carbocycles. The highest BCUT2D eigenvalue weighted by Crippen LogP contribution is 2.26. The van der Waals surface area contributed by atoms with Crippen LogP contribution >= 0.6 is 0 Å². The Morgan fingerprint density at radius 2 is 1.69 bits per heavy atom. The maximum Gasteiger partial charge on any atom is 0.342 e. The van der Waals surface area contributed by atoms with Crippen molar-refractivity contribution in [3.05, 3.63) is 71.5 Å². The number of aromatic hydroxyl groups is 1. The first-order chi connectivity index (χ1) is 12.5. The quantitative estimate of drug-likeness (QED) is 0.558. The topological polar surface area (TPSA) is 72.8 Å². The molecular weight excluding hydrogens is 339 g/mol. The van der Waals surface area contributed by atoms with Gasteiger partial charge in [0.2, 0.25) is 5.78 Å². The van der Waals surface area contributed by atoms with Crippen molar-refractivity contribution in [1.82, 2.24) is 0 Å². The molecule has 0 bridgehead atoms. The van der Waals surface area contributed by atoms with Gasteiger partial charge in [0, 0.05) is 0 Å². The Morgan fingerprint density at radius 1 is 1.00 bits per heavy atom. The van der Waals surface area contributed by atoms with E-state index in [0.29, 0.717) is 0 Å². The van der Waals surface area contributed by atoms with Crippen LogP contribution in [0.15, 0.2) is 54.6 Å². The minimum atomic E-state index is -0.850. The number of carbonyl (C=O) groups is 2. The molecule has 0 saturated heterocycles. The zero-order chi connectivity index (χ0) is 18.7. The Labute approximate surface area is 148 Å². The molecule has 5 nitrogen and oxygen atoms in total. The van der Waals surface area contributed by atoms with Crippen LogP contribution in [0.25, 0.3) is 10.8 Å². The molecule has 3 aromatic rings. The summed E-state index contributed by atoms with van der Waals surface area (Å²) in [5.74, 6) is -2.13. The first-order valence-electron chi connectivity index (χ1n) is 7.75. The highest BCUT2D eigenvalue weighted by Gasteiger charge is 2.18. The van der Waals surface area contributed by atoms with Gasteiger partial charge >= 0.3 is 5.97 Å². The van der Waals surface area contributed by atoms with Crippen molar-refractivity contribution >= 4 is 22.5 Å². The number of phenols is 1. The maximum absolute atomic E-state index is 13.4. The van der Waals surface area contributed by atoms with Crippen LogP contribution in [0.3, 0.4) is 0 Å². The number of carbonyl (C=O) groups excluding carboxylic acids is 2. The predicted molar refractivity (Wildman–Crippen MR) is 93.2 cm³/mol. The monoisotopic (exact) mass is 354 g/mol. The van der Waals surface area contributed by atoms with E-state index in [2.05, 4.69) is 0 Å². The number of phenolic OH excluding ortho intramolecular Hbond substituents is 1. The summed E-state index contributed by atoms with van der Waals surface area (Å²) in [5, 5.41) is 11.5. The van der Waals surface area contributed by atoms with Crippen LogP contribution in [-0.4, -0.2) is 30.6 Å². The number of ether oxygens (including phenoxy) is 2. The van der Waals surface area contributed by atoms with E-state index in [1.165, 1.54) is 25.3 Å². The summed E-state index contributed by atoms with van der Waals surface area (Å²) < 4.78 is 23.4. The molecule has 0 radical (unpaired) electrons. The minimum absolute atomic E-state index is 0.0250. The van der Waals surface area contributed by atoms with E-state index in [0.717, 1.165) is 22.9 Å². The second kappa shape index (κ2) is 7.23.